The van der Waals surface area contributed by atoms with Gasteiger partial charge in [0.15, 0.2) is 0 Å². The van der Waals surface area contributed by atoms with Crippen LogP contribution in [0, 0.1) is 0 Å². The predicted molar refractivity (Wildman–Crippen MR) is 80.3 cm³/mol. The van der Waals surface area contributed by atoms with Gasteiger partial charge < -0.3 is 10.4 Å². The first-order valence-electron chi connectivity index (χ1n) is 5.88. The van der Waals surface area contributed by atoms with Crippen LogP contribution in [0.25, 0.3) is 0 Å². The molecule has 3 nitrogen and oxygen atoms in total. The molecule has 0 aliphatic rings. The standard InChI is InChI=1S/C14H14BrNO2S/c15-11-3-1-10(2-4-11)8-16-9-13-6-5-12(19-13)7-14(17)18/h1-6,16H,7-9H2,(H,17,18). The van der Waals surface area contributed by atoms with Gasteiger partial charge in [0.25, 0.3) is 0 Å². The Kier molecular flexibility index (Phi) is 5.13. The maximum absolute atomic E-state index is 10.6. The first-order valence-corrected chi connectivity index (χ1v) is 7.49. The molecule has 0 bridgehead atoms. The van der Waals surface area contributed by atoms with Crippen molar-refractivity contribution in [3.05, 3.63) is 56.2 Å². The zero-order valence-corrected chi connectivity index (χ0v) is 12.6. The summed E-state index contributed by atoms with van der Waals surface area (Å²) in [5.74, 6) is -0.781. The van der Waals surface area contributed by atoms with Gasteiger partial charge in [-0.25, -0.2) is 0 Å². The molecule has 0 radical (unpaired) electrons. The van der Waals surface area contributed by atoms with E-state index < -0.39 is 5.97 Å². The highest BCUT2D eigenvalue weighted by Crippen LogP contribution is 2.17. The number of carbonyl (C=O) groups is 1. The fourth-order valence-corrected chi connectivity index (χ4v) is 2.94. The number of carboxylic acid groups (broad SMARTS) is 1. The summed E-state index contributed by atoms with van der Waals surface area (Å²) in [6.07, 6.45) is 0.109. The van der Waals surface area contributed by atoms with Crippen LogP contribution in [0.15, 0.2) is 40.9 Å². The van der Waals surface area contributed by atoms with E-state index in [1.165, 1.54) is 5.56 Å². The third-order valence-corrected chi connectivity index (χ3v) is 4.20. The summed E-state index contributed by atoms with van der Waals surface area (Å²) in [7, 11) is 0. The number of nitrogens with one attached hydrogen (secondary N) is 1. The van der Waals surface area contributed by atoms with Gasteiger partial charge in [-0.05, 0) is 29.8 Å². The number of carboxylic acids is 1. The van der Waals surface area contributed by atoms with Crippen molar-refractivity contribution in [1.82, 2.24) is 5.32 Å². The minimum Gasteiger partial charge on any atom is -0.481 e. The Morgan fingerprint density at radius 3 is 2.47 bits per heavy atom. The molecule has 2 aromatic rings. The van der Waals surface area contributed by atoms with Crippen LogP contribution >= 0.6 is 27.3 Å². The Balaban J connectivity index is 1.80. The van der Waals surface area contributed by atoms with E-state index in [2.05, 4.69) is 33.4 Å². The second-order valence-corrected chi connectivity index (χ2v) is 6.34. The van der Waals surface area contributed by atoms with E-state index in [-0.39, 0.29) is 6.42 Å². The van der Waals surface area contributed by atoms with Gasteiger partial charge in [0.1, 0.15) is 0 Å². The average molecular weight is 340 g/mol. The highest BCUT2D eigenvalue weighted by atomic mass is 79.9. The zero-order chi connectivity index (χ0) is 13.7. The maximum atomic E-state index is 10.6. The quantitative estimate of drug-likeness (QED) is 0.847. The number of benzene rings is 1. The average Bonchev–Trinajstić information content (AvgIpc) is 2.78. The molecule has 100 valence electrons. The fourth-order valence-electron chi connectivity index (χ4n) is 1.69. The molecule has 2 N–H and O–H groups in total. The molecular weight excluding hydrogens is 326 g/mol. The third-order valence-electron chi connectivity index (χ3n) is 2.58. The molecule has 2 rings (SSSR count). The van der Waals surface area contributed by atoms with Gasteiger partial charge in [0.05, 0.1) is 6.42 Å². The van der Waals surface area contributed by atoms with Gasteiger partial charge in [-0.3, -0.25) is 4.79 Å². The number of hydrogen-bond acceptors (Lipinski definition) is 3. The number of thiophene rings is 1. The molecule has 5 heteroatoms. The summed E-state index contributed by atoms with van der Waals surface area (Å²) < 4.78 is 1.08. The molecule has 0 aliphatic heterocycles. The van der Waals surface area contributed by atoms with Crippen LogP contribution in [-0.2, 0) is 24.3 Å². The topological polar surface area (TPSA) is 49.3 Å². The Hall–Kier alpha value is -1.17. The molecule has 0 spiro atoms. The molecule has 19 heavy (non-hydrogen) atoms. The van der Waals surface area contributed by atoms with Crippen LogP contribution in [-0.4, -0.2) is 11.1 Å². The lowest BCUT2D eigenvalue weighted by Crippen LogP contribution is -2.11. The fraction of sp³-hybridized carbons (Fsp3) is 0.214. The second-order valence-electron chi connectivity index (χ2n) is 4.17. The zero-order valence-electron chi connectivity index (χ0n) is 10.2. The first-order chi connectivity index (χ1) is 9.13. The smallest absolute Gasteiger partial charge is 0.308 e. The molecule has 1 heterocycles. The van der Waals surface area contributed by atoms with Crippen molar-refractivity contribution in [2.75, 3.05) is 0 Å². The SMILES string of the molecule is O=C(O)Cc1ccc(CNCc2ccc(Br)cc2)s1. The summed E-state index contributed by atoms with van der Waals surface area (Å²) in [5, 5.41) is 12.1. The molecule has 0 amide bonds. The van der Waals surface area contributed by atoms with Crippen molar-refractivity contribution >= 4 is 33.2 Å². The molecule has 0 fully saturated rings. The van der Waals surface area contributed by atoms with E-state index in [9.17, 15) is 4.79 Å². The van der Waals surface area contributed by atoms with Gasteiger partial charge in [-0.2, -0.15) is 0 Å². The van der Waals surface area contributed by atoms with Crippen molar-refractivity contribution < 1.29 is 9.90 Å². The Morgan fingerprint density at radius 2 is 1.79 bits per heavy atom. The maximum Gasteiger partial charge on any atom is 0.308 e. The highest BCUT2D eigenvalue weighted by molar-refractivity contribution is 9.10. The molecule has 0 unspecified atom stereocenters. The van der Waals surface area contributed by atoms with E-state index in [4.69, 9.17) is 5.11 Å². The summed E-state index contributed by atoms with van der Waals surface area (Å²) in [6.45, 7) is 1.57. The van der Waals surface area contributed by atoms with Crippen molar-refractivity contribution in [2.45, 2.75) is 19.5 Å². The number of halogens is 1. The van der Waals surface area contributed by atoms with Crippen LogP contribution in [0.5, 0.6) is 0 Å². The monoisotopic (exact) mass is 339 g/mol. The lowest BCUT2D eigenvalue weighted by atomic mass is 10.2. The number of aliphatic carboxylic acids is 1. The predicted octanol–water partition coefficient (Wildman–Crippen LogP) is 3.43. The molecule has 0 saturated heterocycles. The van der Waals surface area contributed by atoms with E-state index in [1.807, 2.05) is 24.3 Å². The first kappa shape index (κ1) is 14.2. The van der Waals surface area contributed by atoms with Gasteiger partial charge in [-0.15, -0.1) is 11.3 Å². The van der Waals surface area contributed by atoms with Crippen LogP contribution in [0.3, 0.4) is 0 Å². The van der Waals surface area contributed by atoms with Crippen LogP contribution in [0.4, 0.5) is 0 Å². The normalized spacial score (nSPS) is 10.6. The molecule has 1 aromatic heterocycles. The van der Waals surface area contributed by atoms with Gasteiger partial charge in [0, 0.05) is 27.3 Å². The van der Waals surface area contributed by atoms with Crippen molar-refractivity contribution in [3.63, 3.8) is 0 Å². The van der Waals surface area contributed by atoms with Crippen LogP contribution in [0.1, 0.15) is 15.3 Å². The van der Waals surface area contributed by atoms with E-state index >= 15 is 0 Å². The van der Waals surface area contributed by atoms with Crippen molar-refractivity contribution in [1.29, 1.82) is 0 Å². The largest absolute Gasteiger partial charge is 0.481 e. The number of rotatable bonds is 6. The molecule has 1 aromatic carbocycles. The molecule has 0 aliphatic carbocycles. The van der Waals surface area contributed by atoms with E-state index in [0.717, 1.165) is 27.3 Å². The van der Waals surface area contributed by atoms with Gasteiger partial charge in [0.2, 0.25) is 0 Å². The Morgan fingerprint density at radius 1 is 1.11 bits per heavy atom. The summed E-state index contributed by atoms with van der Waals surface area (Å²) in [6, 6.07) is 12.1. The van der Waals surface area contributed by atoms with Gasteiger partial charge in [-0.1, -0.05) is 28.1 Å². The lowest BCUT2D eigenvalue weighted by Gasteiger charge is -2.03. The van der Waals surface area contributed by atoms with E-state index in [1.54, 1.807) is 11.3 Å². The Bertz CT molecular complexity index is 551. The highest BCUT2D eigenvalue weighted by Gasteiger charge is 2.04. The van der Waals surface area contributed by atoms with Crippen LogP contribution < -0.4 is 5.32 Å². The molecule has 0 saturated carbocycles. The minimum absolute atomic E-state index is 0.109. The molecule has 0 atom stereocenters. The Labute approximate surface area is 124 Å². The van der Waals surface area contributed by atoms with Crippen LogP contribution in [0.2, 0.25) is 0 Å². The van der Waals surface area contributed by atoms with Crippen molar-refractivity contribution in [3.8, 4) is 0 Å². The third kappa shape index (κ3) is 4.78. The lowest BCUT2D eigenvalue weighted by molar-refractivity contribution is -0.136. The summed E-state index contributed by atoms with van der Waals surface area (Å²) in [5.41, 5.74) is 1.23. The molecular formula is C14H14BrNO2S. The second kappa shape index (κ2) is 6.84. The van der Waals surface area contributed by atoms with Gasteiger partial charge >= 0.3 is 5.97 Å². The summed E-state index contributed by atoms with van der Waals surface area (Å²) in [4.78, 5) is 12.6. The summed E-state index contributed by atoms with van der Waals surface area (Å²) >= 11 is 4.95. The van der Waals surface area contributed by atoms with Crippen molar-refractivity contribution in [2.24, 2.45) is 0 Å². The van der Waals surface area contributed by atoms with E-state index in [0.29, 0.717) is 0 Å². The minimum atomic E-state index is -0.781. The number of hydrogen-bond donors (Lipinski definition) is 2.